The van der Waals surface area contributed by atoms with Crippen molar-refractivity contribution in [3.8, 4) is 0 Å². The zero-order valence-electron chi connectivity index (χ0n) is 25.4. The van der Waals surface area contributed by atoms with E-state index in [9.17, 15) is 4.79 Å². The molecule has 0 aromatic carbocycles. The van der Waals surface area contributed by atoms with E-state index < -0.39 is 0 Å². The van der Waals surface area contributed by atoms with Crippen LogP contribution in [0.4, 0.5) is 0 Å². The van der Waals surface area contributed by atoms with Crippen LogP contribution in [-0.2, 0) is 9.53 Å². The Bertz CT molecular complexity index is 419. The van der Waals surface area contributed by atoms with Gasteiger partial charge in [0.1, 0.15) is 0 Å². The van der Waals surface area contributed by atoms with Crippen LogP contribution in [0.15, 0.2) is 0 Å². The Morgan fingerprint density at radius 1 is 0.417 bits per heavy atom. The lowest BCUT2D eigenvalue weighted by Crippen LogP contribution is -2.18. The molecule has 0 saturated carbocycles. The van der Waals surface area contributed by atoms with Gasteiger partial charge in [0.05, 0.1) is 12.5 Å². The normalized spacial score (nSPS) is 12.2. The van der Waals surface area contributed by atoms with E-state index in [1.54, 1.807) is 0 Å². The molecule has 2 heteroatoms. The van der Waals surface area contributed by atoms with E-state index in [1.165, 1.54) is 161 Å². The predicted octanol–water partition coefficient (Wildman–Crippen LogP) is 12.1. The third-order valence-corrected chi connectivity index (χ3v) is 7.89. The van der Waals surface area contributed by atoms with E-state index in [2.05, 4.69) is 20.8 Å². The van der Waals surface area contributed by atoms with Gasteiger partial charge >= 0.3 is 5.97 Å². The van der Waals surface area contributed by atoms with Crippen molar-refractivity contribution in [3.05, 3.63) is 0 Å². The highest BCUT2D eigenvalue weighted by atomic mass is 16.5. The Morgan fingerprint density at radius 3 is 1.03 bits per heavy atom. The number of unbranched alkanes of at least 4 members (excludes halogenated alkanes) is 23. The third-order valence-electron chi connectivity index (χ3n) is 7.89. The van der Waals surface area contributed by atoms with Crippen molar-refractivity contribution in [2.24, 2.45) is 5.92 Å². The fraction of sp³-hybridized carbons (Fsp3) is 0.971. The maximum atomic E-state index is 12.8. The first-order valence-electron chi connectivity index (χ1n) is 16.9. The van der Waals surface area contributed by atoms with Crippen molar-refractivity contribution in [1.29, 1.82) is 0 Å². The zero-order valence-corrected chi connectivity index (χ0v) is 25.4. The van der Waals surface area contributed by atoms with Gasteiger partial charge in [0.15, 0.2) is 0 Å². The lowest BCUT2D eigenvalue weighted by atomic mass is 9.94. The molecule has 0 aromatic rings. The molecule has 216 valence electrons. The van der Waals surface area contributed by atoms with E-state index >= 15 is 0 Å². The molecule has 0 aromatic heterocycles. The van der Waals surface area contributed by atoms with Gasteiger partial charge in [0, 0.05) is 0 Å². The third kappa shape index (κ3) is 26.5. The fourth-order valence-electron chi connectivity index (χ4n) is 5.31. The minimum Gasteiger partial charge on any atom is -0.465 e. The number of esters is 1. The van der Waals surface area contributed by atoms with Crippen LogP contribution in [0.1, 0.15) is 201 Å². The molecule has 1 atom stereocenters. The second kappa shape index (κ2) is 30.7. The van der Waals surface area contributed by atoms with Crippen LogP contribution >= 0.6 is 0 Å². The standard InChI is InChI=1S/C34H68O2/c1-4-7-10-13-16-18-19-20-21-23-25-28-31-33(30-27-24-22-17-14-11-8-5-2)34(35)36-32-29-26-15-12-9-6-3/h33H,4-32H2,1-3H3. The van der Waals surface area contributed by atoms with Gasteiger partial charge in [0.25, 0.3) is 0 Å². The number of ether oxygens (including phenoxy) is 1. The molecule has 0 amide bonds. The number of carbonyl (C=O) groups excluding carboxylic acids is 1. The summed E-state index contributed by atoms with van der Waals surface area (Å²) in [6, 6.07) is 0. The van der Waals surface area contributed by atoms with Crippen molar-refractivity contribution in [3.63, 3.8) is 0 Å². The molecule has 0 rings (SSSR count). The lowest BCUT2D eigenvalue weighted by molar-refractivity contribution is -0.149. The first-order valence-corrected chi connectivity index (χ1v) is 16.9. The fourth-order valence-corrected chi connectivity index (χ4v) is 5.31. The zero-order chi connectivity index (χ0) is 26.4. The maximum Gasteiger partial charge on any atom is 0.308 e. The highest BCUT2D eigenvalue weighted by Crippen LogP contribution is 2.21. The van der Waals surface area contributed by atoms with Gasteiger partial charge < -0.3 is 4.74 Å². The molecule has 0 aliphatic heterocycles. The van der Waals surface area contributed by atoms with Crippen LogP contribution in [0.5, 0.6) is 0 Å². The van der Waals surface area contributed by atoms with Crippen molar-refractivity contribution in [1.82, 2.24) is 0 Å². The Hall–Kier alpha value is -0.530. The van der Waals surface area contributed by atoms with Crippen LogP contribution in [0.25, 0.3) is 0 Å². The summed E-state index contributed by atoms with van der Waals surface area (Å²) >= 11 is 0. The van der Waals surface area contributed by atoms with Gasteiger partial charge in [-0.3, -0.25) is 4.79 Å². The quantitative estimate of drug-likeness (QED) is 0.0712. The molecular formula is C34H68O2. The molecule has 0 radical (unpaired) electrons. The molecule has 2 nitrogen and oxygen atoms in total. The number of rotatable bonds is 30. The van der Waals surface area contributed by atoms with Crippen LogP contribution in [-0.4, -0.2) is 12.6 Å². The molecule has 0 spiro atoms. The highest BCUT2D eigenvalue weighted by molar-refractivity contribution is 5.72. The molecule has 0 N–H and O–H groups in total. The largest absolute Gasteiger partial charge is 0.465 e. The second-order valence-corrected chi connectivity index (χ2v) is 11.6. The molecular weight excluding hydrogens is 440 g/mol. The van der Waals surface area contributed by atoms with E-state index in [0.717, 1.165) is 19.3 Å². The first-order chi connectivity index (χ1) is 17.8. The van der Waals surface area contributed by atoms with Crippen molar-refractivity contribution >= 4 is 5.97 Å². The minimum atomic E-state index is 0.106. The number of hydrogen-bond donors (Lipinski definition) is 0. The van der Waals surface area contributed by atoms with Crippen molar-refractivity contribution < 1.29 is 9.53 Å². The Balaban J connectivity index is 4.00. The molecule has 0 heterocycles. The summed E-state index contributed by atoms with van der Waals surface area (Å²) in [4.78, 5) is 12.8. The van der Waals surface area contributed by atoms with Crippen LogP contribution in [0.3, 0.4) is 0 Å². The van der Waals surface area contributed by atoms with E-state index in [-0.39, 0.29) is 11.9 Å². The van der Waals surface area contributed by atoms with E-state index in [4.69, 9.17) is 4.74 Å². The summed E-state index contributed by atoms with van der Waals surface area (Å²) in [5.74, 6) is 0.253. The van der Waals surface area contributed by atoms with Gasteiger partial charge in [-0.2, -0.15) is 0 Å². The Morgan fingerprint density at radius 2 is 0.694 bits per heavy atom. The van der Waals surface area contributed by atoms with Crippen LogP contribution in [0.2, 0.25) is 0 Å². The lowest BCUT2D eigenvalue weighted by Gasteiger charge is -2.16. The summed E-state index contributed by atoms with van der Waals surface area (Å²) in [7, 11) is 0. The first kappa shape index (κ1) is 35.5. The summed E-state index contributed by atoms with van der Waals surface area (Å²) in [5, 5.41) is 0. The molecule has 0 aliphatic rings. The Labute approximate surface area is 228 Å². The molecule has 0 fully saturated rings. The maximum absolute atomic E-state index is 12.8. The summed E-state index contributed by atoms with van der Waals surface area (Å²) in [6.07, 6.45) is 36.7. The molecule has 1 unspecified atom stereocenters. The smallest absolute Gasteiger partial charge is 0.308 e. The van der Waals surface area contributed by atoms with E-state index in [0.29, 0.717) is 6.61 Å². The SMILES string of the molecule is CCCCCCCCCCCCCCC(CCCCCCCCCC)C(=O)OCCCCCCCC. The van der Waals surface area contributed by atoms with Crippen LogP contribution in [0, 0.1) is 5.92 Å². The highest BCUT2D eigenvalue weighted by Gasteiger charge is 2.19. The van der Waals surface area contributed by atoms with Gasteiger partial charge in [-0.15, -0.1) is 0 Å². The molecule has 36 heavy (non-hydrogen) atoms. The number of hydrogen-bond acceptors (Lipinski definition) is 2. The van der Waals surface area contributed by atoms with Gasteiger partial charge in [-0.1, -0.05) is 181 Å². The summed E-state index contributed by atoms with van der Waals surface area (Å²) < 4.78 is 5.75. The van der Waals surface area contributed by atoms with Crippen molar-refractivity contribution in [2.75, 3.05) is 6.61 Å². The Kier molecular flexibility index (Phi) is 30.2. The second-order valence-electron chi connectivity index (χ2n) is 11.6. The van der Waals surface area contributed by atoms with Crippen LogP contribution < -0.4 is 0 Å². The summed E-state index contributed by atoms with van der Waals surface area (Å²) in [5.41, 5.74) is 0. The average molecular weight is 509 g/mol. The topological polar surface area (TPSA) is 26.3 Å². The van der Waals surface area contributed by atoms with Gasteiger partial charge in [-0.25, -0.2) is 0 Å². The molecule has 0 bridgehead atoms. The number of carbonyl (C=O) groups is 1. The monoisotopic (exact) mass is 509 g/mol. The van der Waals surface area contributed by atoms with Gasteiger partial charge in [0.2, 0.25) is 0 Å². The predicted molar refractivity (Wildman–Crippen MR) is 161 cm³/mol. The summed E-state index contributed by atoms with van der Waals surface area (Å²) in [6.45, 7) is 7.46. The molecule has 0 aliphatic carbocycles. The minimum absolute atomic E-state index is 0.106. The van der Waals surface area contributed by atoms with E-state index in [1.807, 2.05) is 0 Å². The van der Waals surface area contributed by atoms with Crippen molar-refractivity contribution in [2.45, 2.75) is 201 Å². The van der Waals surface area contributed by atoms with Gasteiger partial charge in [-0.05, 0) is 19.3 Å². The molecule has 0 saturated heterocycles. The average Bonchev–Trinajstić information content (AvgIpc) is 2.88.